The second-order valence-corrected chi connectivity index (χ2v) is 13.2. The molecule has 0 aromatic heterocycles. The molecule has 0 saturated carbocycles. The molecule has 0 saturated heterocycles. The fourth-order valence-electron chi connectivity index (χ4n) is 7.83. The van der Waals surface area contributed by atoms with Gasteiger partial charge in [0, 0.05) is 40.4 Å². The molecule has 0 fully saturated rings. The Morgan fingerprint density at radius 2 is 1.69 bits per heavy atom. The Labute approximate surface area is 245 Å². The van der Waals surface area contributed by atoms with Crippen LogP contribution in [0.4, 0.5) is 0 Å². The summed E-state index contributed by atoms with van der Waals surface area (Å²) >= 11 is 0. The zero-order valence-corrected chi connectivity index (χ0v) is 25.0. The quantitative estimate of drug-likeness (QED) is 0.314. The predicted octanol–water partition coefficient (Wildman–Crippen LogP) is 6.22. The van der Waals surface area contributed by atoms with Gasteiger partial charge in [0.1, 0.15) is 28.6 Å². The molecule has 3 atom stereocenters. The first kappa shape index (κ1) is 29.5. The number of benzene rings is 2. The average Bonchev–Trinajstić information content (AvgIpc) is 2.85. The van der Waals surface area contributed by atoms with Crippen LogP contribution in [0.2, 0.25) is 0 Å². The van der Waals surface area contributed by atoms with Crippen molar-refractivity contribution in [2.24, 2.45) is 10.8 Å². The molecule has 0 spiro atoms. The van der Waals surface area contributed by atoms with Crippen LogP contribution in [0.1, 0.15) is 82.6 Å². The van der Waals surface area contributed by atoms with Crippen LogP contribution in [-0.2, 0) is 27.2 Å². The average molecular weight is 571 g/mol. The van der Waals surface area contributed by atoms with E-state index in [9.17, 15) is 34.8 Å². The van der Waals surface area contributed by atoms with Crippen LogP contribution in [0.25, 0.3) is 16.7 Å². The van der Waals surface area contributed by atoms with E-state index in [1.165, 1.54) is 6.92 Å². The summed E-state index contributed by atoms with van der Waals surface area (Å²) in [4.78, 5) is 37.1. The van der Waals surface area contributed by atoms with Gasteiger partial charge < -0.3 is 20.4 Å². The van der Waals surface area contributed by atoms with Gasteiger partial charge in [0.05, 0.1) is 0 Å². The number of aliphatic hydroxyl groups is 3. The standard InChI is InChI=1S/C35H38O7/c1-17(2)23-13-24(22-10-8-9-21(12-22)11-18(3)36)30(39)27-19(4)29-32(41)35(42)31(40)28(20(5)37)26(38)15-34(35,7)16-33(29,6)14-25(23)27/h8-10,12-13,17,39-42H,4,11,14-16H2,1-3,5-7H3/t33-,34+,35+/m1/s1. The molecular formula is C35H38O7. The lowest BCUT2D eigenvalue weighted by molar-refractivity contribution is -0.141. The molecule has 0 amide bonds. The zero-order valence-electron chi connectivity index (χ0n) is 25.0. The van der Waals surface area contributed by atoms with Gasteiger partial charge in [0.2, 0.25) is 0 Å². The van der Waals surface area contributed by atoms with Crippen molar-refractivity contribution in [2.45, 2.75) is 78.7 Å². The largest absolute Gasteiger partial charge is 0.508 e. The van der Waals surface area contributed by atoms with Crippen LogP contribution in [0.15, 0.2) is 59.6 Å². The summed E-state index contributed by atoms with van der Waals surface area (Å²) in [5, 5.41) is 46.9. The van der Waals surface area contributed by atoms with Crippen molar-refractivity contribution in [3.8, 4) is 16.9 Å². The first-order valence-corrected chi connectivity index (χ1v) is 14.3. The summed E-state index contributed by atoms with van der Waals surface area (Å²) in [5.74, 6) is -2.62. The summed E-state index contributed by atoms with van der Waals surface area (Å²) in [5.41, 5.74) is -0.00345. The molecule has 7 heteroatoms. The van der Waals surface area contributed by atoms with E-state index >= 15 is 0 Å². The van der Waals surface area contributed by atoms with E-state index in [-0.39, 0.29) is 42.3 Å². The number of hydrogen-bond donors (Lipinski definition) is 4. The molecule has 42 heavy (non-hydrogen) atoms. The summed E-state index contributed by atoms with van der Waals surface area (Å²) in [6.45, 7) is 14.7. The van der Waals surface area contributed by atoms with Crippen molar-refractivity contribution in [1.82, 2.24) is 0 Å². The van der Waals surface area contributed by atoms with Crippen LogP contribution in [-0.4, -0.2) is 43.4 Å². The van der Waals surface area contributed by atoms with Gasteiger partial charge in [0.25, 0.3) is 0 Å². The Bertz CT molecular complexity index is 1670. The molecule has 5 rings (SSSR count). The molecule has 0 heterocycles. The molecule has 4 N–H and O–H groups in total. The summed E-state index contributed by atoms with van der Waals surface area (Å²) < 4.78 is 0. The third-order valence-corrected chi connectivity index (χ3v) is 9.52. The minimum atomic E-state index is -2.38. The number of Topliss-reactive ketones (excluding diaryl/α,β-unsaturated/α-hetero) is 3. The van der Waals surface area contributed by atoms with E-state index in [4.69, 9.17) is 0 Å². The van der Waals surface area contributed by atoms with Crippen molar-refractivity contribution in [1.29, 1.82) is 0 Å². The van der Waals surface area contributed by atoms with E-state index in [1.807, 2.05) is 37.3 Å². The van der Waals surface area contributed by atoms with Crippen LogP contribution in [0, 0.1) is 10.8 Å². The molecule has 2 aromatic carbocycles. The van der Waals surface area contributed by atoms with E-state index in [2.05, 4.69) is 20.4 Å². The number of aromatic hydroxyl groups is 1. The van der Waals surface area contributed by atoms with Gasteiger partial charge in [0.15, 0.2) is 17.2 Å². The second-order valence-electron chi connectivity index (χ2n) is 13.2. The highest BCUT2D eigenvalue weighted by Crippen LogP contribution is 2.65. The second kappa shape index (κ2) is 9.53. The maximum Gasteiger partial charge on any atom is 0.185 e. The minimum Gasteiger partial charge on any atom is -0.508 e. The van der Waals surface area contributed by atoms with Gasteiger partial charge >= 0.3 is 0 Å². The highest BCUT2D eigenvalue weighted by Gasteiger charge is 2.66. The highest BCUT2D eigenvalue weighted by atomic mass is 16.4. The maximum absolute atomic E-state index is 13.0. The van der Waals surface area contributed by atoms with Gasteiger partial charge in [-0.1, -0.05) is 58.5 Å². The number of carbonyl (C=O) groups is 3. The third-order valence-electron chi connectivity index (χ3n) is 9.52. The zero-order chi connectivity index (χ0) is 31.1. The van der Waals surface area contributed by atoms with E-state index in [1.54, 1.807) is 6.92 Å². The van der Waals surface area contributed by atoms with Crippen LogP contribution in [0.5, 0.6) is 5.75 Å². The van der Waals surface area contributed by atoms with E-state index in [0.29, 0.717) is 23.1 Å². The van der Waals surface area contributed by atoms with Crippen LogP contribution in [0.3, 0.4) is 0 Å². The SMILES string of the molecule is C=C1C2=C(O)[C@@]3(O)C(O)=C(C(C)=O)C(=O)C[C@@]3(C)C[C@@]2(C)Cc2c(C(C)C)cc(-c3cccc(CC(C)=O)c3)c(O)c21. The molecule has 0 radical (unpaired) electrons. The molecule has 7 nitrogen and oxygen atoms in total. The Morgan fingerprint density at radius 3 is 2.29 bits per heavy atom. The predicted molar refractivity (Wildman–Crippen MR) is 160 cm³/mol. The van der Waals surface area contributed by atoms with Gasteiger partial charge in [-0.05, 0) is 66.5 Å². The third kappa shape index (κ3) is 4.01. The van der Waals surface area contributed by atoms with Gasteiger partial charge in [-0.3, -0.25) is 14.4 Å². The topological polar surface area (TPSA) is 132 Å². The van der Waals surface area contributed by atoms with Crippen molar-refractivity contribution in [3.05, 3.63) is 81.8 Å². The number of ketones is 3. The molecule has 0 unspecified atom stereocenters. The number of phenols is 1. The summed E-state index contributed by atoms with van der Waals surface area (Å²) in [6.07, 6.45) is 0.632. The summed E-state index contributed by atoms with van der Waals surface area (Å²) in [7, 11) is 0. The number of rotatable bonds is 5. The van der Waals surface area contributed by atoms with Crippen molar-refractivity contribution < 1.29 is 34.8 Å². The lowest BCUT2D eigenvalue weighted by Crippen LogP contribution is -2.60. The maximum atomic E-state index is 13.0. The van der Waals surface area contributed by atoms with Crippen LogP contribution < -0.4 is 0 Å². The normalized spacial score (nSPS) is 27.1. The smallest absolute Gasteiger partial charge is 0.185 e. The molecule has 0 aliphatic heterocycles. The van der Waals surface area contributed by atoms with Gasteiger partial charge in [-0.15, -0.1) is 0 Å². The van der Waals surface area contributed by atoms with Gasteiger partial charge in [-0.25, -0.2) is 0 Å². The Hall–Kier alpha value is -3.97. The lowest BCUT2D eigenvalue weighted by atomic mass is 9.48. The highest BCUT2D eigenvalue weighted by molar-refractivity contribution is 6.21. The van der Waals surface area contributed by atoms with Crippen molar-refractivity contribution in [3.63, 3.8) is 0 Å². The number of hydrogen-bond acceptors (Lipinski definition) is 7. The Morgan fingerprint density at radius 1 is 1.02 bits per heavy atom. The van der Waals surface area contributed by atoms with Crippen molar-refractivity contribution >= 4 is 22.9 Å². The fourth-order valence-corrected chi connectivity index (χ4v) is 7.83. The number of allylic oxidation sites excluding steroid dienone is 3. The first-order chi connectivity index (χ1) is 19.5. The minimum absolute atomic E-state index is 0.0247. The van der Waals surface area contributed by atoms with Crippen molar-refractivity contribution in [2.75, 3.05) is 0 Å². The first-order valence-electron chi connectivity index (χ1n) is 14.3. The number of phenolic OH excluding ortho intramolecular Hbond substituents is 1. The number of fused-ring (bicyclic) bond motifs is 3. The number of aliphatic hydroxyl groups excluding tert-OH is 2. The molecule has 0 bridgehead atoms. The Kier molecular flexibility index (Phi) is 6.70. The van der Waals surface area contributed by atoms with E-state index < -0.39 is 45.1 Å². The molecule has 220 valence electrons. The summed E-state index contributed by atoms with van der Waals surface area (Å²) in [6, 6.07) is 9.41. The van der Waals surface area contributed by atoms with E-state index in [0.717, 1.165) is 29.2 Å². The molecular weight excluding hydrogens is 532 g/mol. The molecule has 2 aromatic rings. The number of carbonyl (C=O) groups excluding carboxylic acids is 3. The monoisotopic (exact) mass is 570 g/mol. The molecule has 3 aliphatic rings. The lowest BCUT2D eigenvalue weighted by Gasteiger charge is -2.57. The molecule has 3 aliphatic carbocycles. The van der Waals surface area contributed by atoms with Gasteiger partial charge in [-0.2, -0.15) is 0 Å². The Balaban J connectivity index is 1.79. The van der Waals surface area contributed by atoms with Crippen LogP contribution >= 0.6 is 0 Å². The fraction of sp³-hybridized carbons (Fsp3) is 0.400.